The van der Waals surface area contributed by atoms with Crippen LogP contribution in [-0.4, -0.2) is 9.97 Å². The second kappa shape index (κ2) is 5.48. The molecule has 0 aliphatic heterocycles. The fourth-order valence-corrected chi connectivity index (χ4v) is 2.00. The Morgan fingerprint density at radius 1 is 1.12 bits per heavy atom. The lowest BCUT2D eigenvalue weighted by Crippen LogP contribution is -1.96. The highest BCUT2D eigenvalue weighted by Gasteiger charge is 2.05. The lowest BCUT2D eigenvalue weighted by Gasteiger charge is -2.04. The van der Waals surface area contributed by atoms with Crippen molar-refractivity contribution < 1.29 is 0 Å². The van der Waals surface area contributed by atoms with Crippen molar-refractivity contribution in [2.24, 2.45) is 0 Å². The summed E-state index contributed by atoms with van der Waals surface area (Å²) in [6.07, 6.45) is 1.93. The van der Waals surface area contributed by atoms with Gasteiger partial charge in [-0.15, -0.1) is 0 Å². The van der Waals surface area contributed by atoms with E-state index in [1.54, 1.807) is 6.07 Å². The van der Waals surface area contributed by atoms with Crippen LogP contribution in [0.2, 0.25) is 10.2 Å². The molecule has 2 rings (SSSR count). The van der Waals surface area contributed by atoms with Crippen LogP contribution in [0.3, 0.4) is 0 Å². The van der Waals surface area contributed by atoms with Crippen LogP contribution in [-0.2, 0) is 6.42 Å². The second-order valence-electron chi connectivity index (χ2n) is 3.77. The third kappa shape index (κ3) is 3.18. The van der Waals surface area contributed by atoms with Gasteiger partial charge in [0, 0.05) is 16.3 Å². The zero-order valence-corrected chi connectivity index (χ0v) is 11.0. The fourth-order valence-electron chi connectivity index (χ4n) is 1.61. The first kappa shape index (κ1) is 12.3. The van der Waals surface area contributed by atoms with Gasteiger partial charge in [0.1, 0.15) is 5.15 Å². The van der Waals surface area contributed by atoms with Crippen LogP contribution in [0.4, 0.5) is 0 Å². The van der Waals surface area contributed by atoms with Gasteiger partial charge in [0.2, 0.25) is 0 Å². The number of hydrogen-bond acceptors (Lipinski definition) is 2. The number of aromatic nitrogens is 2. The highest BCUT2D eigenvalue weighted by atomic mass is 35.5. The van der Waals surface area contributed by atoms with Crippen LogP contribution >= 0.6 is 23.2 Å². The summed E-state index contributed by atoms with van der Waals surface area (Å²) in [6, 6.07) is 9.26. The van der Waals surface area contributed by atoms with Crippen molar-refractivity contribution in [2.75, 3.05) is 0 Å². The van der Waals surface area contributed by atoms with E-state index in [-0.39, 0.29) is 0 Å². The molecule has 0 bridgehead atoms. The molecule has 0 radical (unpaired) electrons. The molecule has 4 heteroatoms. The van der Waals surface area contributed by atoms with E-state index in [2.05, 4.69) is 16.9 Å². The third-order valence-electron chi connectivity index (χ3n) is 2.34. The van der Waals surface area contributed by atoms with E-state index < -0.39 is 0 Å². The Bertz CT molecular complexity index is 527. The number of benzene rings is 1. The van der Waals surface area contributed by atoms with Gasteiger partial charge >= 0.3 is 0 Å². The zero-order chi connectivity index (χ0) is 12.3. The summed E-state index contributed by atoms with van der Waals surface area (Å²) in [5, 5.41) is 1.14. The first-order valence-electron chi connectivity index (χ1n) is 5.48. The van der Waals surface area contributed by atoms with Gasteiger partial charge in [0.25, 0.3) is 0 Å². The normalized spacial score (nSPS) is 10.5. The maximum absolute atomic E-state index is 5.99. The molecule has 2 aromatic rings. The van der Waals surface area contributed by atoms with Crippen molar-refractivity contribution in [1.82, 2.24) is 9.97 Å². The Kier molecular flexibility index (Phi) is 3.97. The number of halogens is 2. The van der Waals surface area contributed by atoms with Crippen molar-refractivity contribution in [2.45, 2.75) is 19.8 Å². The van der Waals surface area contributed by atoms with E-state index in [1.807, 2.05) is 24.3 Å². The Morgan fingerprint density at radius 3 is 2.65 bits per heavy atom. The zero-order valence-electron chi connectivity index (χ0n) is 9.45. The van der Waals surface area contributed by atoms with Gasteiger partial charge in [0.05, 0.1) is 0 Å². The summed E-state index contributed by atoms with van der Waals surface area (Å²) in [4.78, 5) is 8.70. The smallest absolute Gasteiger partial charge is 0.161 e. The summed E-state index contributed by atoms with van der Waals surface area (Å²) >= 11 is 11.9. The number of aryl methyl sites for hydroxylation is 1. The predicted molar refractivity (Wildman–Crippen MR) is 71.5 cm³/mol. The molecule has 0 N–H and O–H groups in total. The van der Waals surface area contributed by atoms with E-state index in [9.17, 15) is 0 Å². The van der Waals surface area contributed by atoms with Crippen molar-refractivity contribution in [3.05, 3.63) is 46.2 Å². The molecule has 0 spiro atoms. The van der Waals surface area contributed by atoms with Crippen molar-refractivity contribution in [3.63, 3.8) is 0 Å². The van der Waals surface area contributed by atoms with Gasteiger partial charge in [-0.05, 0) is 24.6 Å². The predicted octanol–water partition coefficient (Wildman–Crippen LogP) is 4.40. The molecular formula is C13H12Cl2N2. The maximum Gasteiger partial charge on any atom is 0.161 e. The van der Waals surface area contributed by atoms with Gasteiger partial charge in [-0.1, -0.05) is 48.7 Å². The molecule has 0 saturated carbocycles. The van der Waals surface area contributed by atoms with E-state index in [1.165, 1.54) is 0 Å². The molecule has 0 unspecified atom stereocenters. The Morgan fingerprint density at radius 2 is 1.94 bits per heavy atom. The molecule has 1 heterocycles. The topological polar surface area (TPSA) is 25.8 Å². The first-order chi connectivity index (χ1) is 8.19. The van der Waals surface area contributed by atoms with Crippen LogP contribution in [0.5, 0.6) is 0 Å². The second-order valence-corrected chi connectivity index (χ2v) is 4.59. The average Bonchev–Trinajstić information content (AvgIpc) is 2.28. The summed E-state index contributed by atoms with van der Waals surface area (Å²) in [5.74, 6) is 0.628. The van der Waals surface area contributed by atoms with Gasteiger partial charge in [-0.25, -0.2) is 9.97 Å². The molecule has 0 aliphatic rings. The van der Waals surface area contributed by atoms with Gasteiger partial charge < -0.3 is 0 Å². The standard InChI is InChI=1S/C13H12Cl2N2/c1-2-4-11-8-12(15)17-13(16-11)9-5-3-6-10(14)7-9/h3,5-8H,2,4H2,1H3. The third-order valence-corrected chi connectivity index (χ3v) is 2.77. The first-order valence-corrected chi connectivity index (χ1v) is 6.24. The Labute approximate surface area is 111 Å². The van der Waals surface area contributed by atoms with E-state index >= 15 is 0 Å². The summed E-state index contributed by atoms with van der Waals surface area (Å²) in [5.41, 5.74) is 1.85. The minimum Gasteiger partial charge on any atom is -0.233 e. The lowest BCUT2D eigenvalue weighted by molar-refractivity contribution is 0.875. The highest BCUT2D eigenvalue weighted by Crippen LogP contribution is 2.21. The molecule has 1 aromatic carbocycles. The van der Waals surface area contributed by atoms with Gasteiger partial charge in [-0.2, -0.15) is 0 Å². The molecule has 0 aliphatic carbocycles. The molecule has 0 fully saturated rings. The number of nitrogens with zero attached hydrogens (tertiary/aromatic N) is 2. The average molecular weight is 267 g/mol. The van der Waals surface area contributed by atoms with E-state index in [0.717, 1.165) is 24.1 Å². The highest BCUT2D eigenvalue weighted by molar-refractivity contribution is 6.31. The number of rotatable bonds is 3. The fraction of sp³-hybridized carbons (Fsp3) is 0.231. The Hall–Kier alpha value is -1.12. The van der Waals surface area contributed by atoms with E-state index in [0.29, 0.717) is 16.0 Å². The molecule has 2 nitrogen and oxygen atoms in total. The van der Waals surface area contributed by atoms with Gasteiger partial charge in [-0.3, -0.25) is 0 Å². The minimum atomic E-state index is 0.471. The van der Waals surface area contributed by atoms with Crippen molar-refractivity contribution >= 4 is 23.2 Å². The molecule has 17 heavy (non-hydrogen) atoms. The van der Waals surface area contributed by atoms with Crippen LogP contribution in [0, 0.1) is 0 Å². The molecule has 0 atom stereocenters. The summed E-state index contributed by atoms with van der Waals surface area (Å²) < 4.78 is 0. The molecule has 0 saturated heterocycles. The van der Waals surface area contributed by atoms with Crippen molar-refractivity contribution in [3.8, 4) is 11.4 Å². The SMILES string of the molecule is CCCc1cc(Cl)nc(-c2cccc(Cl)c2)n1. The maximum atomic E-state index is 5.99. The van der Waals surface area contributed by atoms with Crippen LogP contribution < -0.4 is 0 Å². The van der Waals surface area contributed by atoms with Crippen LogP contribution in [0.15, 0.2) is 30.3 Å². The van der Waals surface area contributed by atoms with Crippen molar-refractivity contribution in [1.29, 1.82) is 0 Å². The van der Waals surface area contributed by atoms with Gasteiger partial charge in [0.15, 0.2) is 5.82 Å². The molecular weight excluding hydrogens is 255 g/mol. The molecule has 88 valence electrons. The monoisotopic (exact) mass is 266 g/mol. The minimum absolute atomic E-state index is 0.471. The van der Waals surface area contributed by atoms with Crippen LogP contribution in [0.1, 0.15) is 19.0 Å². The molecule has 0 amide bonds. The Balaban J connectivity index is 2.44. The quantitative estimate of drug-likeness (QED) is 0.770. The summed E-state index contributed by atoms with van der Waals surface area (Å²) in [6.45, 7) is 2.11. The van der Waals surface area contributed by atoms with E-state index in [4.69, 9.17) is 23.2 Å². The molecule has 1 aromatic heterocycles. The lowest BCUT2D eigenvalue weighted by atomic mass is 10.2. The summed E-state index contributed by atoms with van der Waals surface area (Å²) in [7, 11) is 0. The number of hydrogen-bond donors (Lipinski definition) is 0. The van der Waals surface area contributed by atoms with Crippen LogP contribution in [0.25, 0.3) is 11.4 Å². The largest absolute Gasteiger partial charge is 0.233 e.